The van der Waals surface area contributed by atoms with Crippen LogP contribution in [0.25, 0.3) is 0 Å². The van der Waals surface area contributed by atoms with Crippen LogP contribution in [0.4, 0.5) is 5.69 Å². The molecule has 0 spiro atoms. The van der Waals surface area contributed by atoms with Gasteiger partial charge in [-0.3, -0.25) is 9.59 Å². The predicted molar refractivity (Wildman–Crippen MR) is 94.6 cm³/mol. The van der Waals surface area contributed by atoms with Gasteiger partial charge in [-0.05, 0) is 36.4 Å². The highest BCUT2D eigenvalue weighted by atomic mass is 32.1. The van der Waals surface area contributed by atoms with E-state index in [1.54, 1.807) is 12.0 Å². The molecule has 24 heavy (non-hydrogen) atoms. The molecule has 6 heteroatoms. The van der Waals surface area contributed by atoms with Crippen molar-refractivity contribution >= 4 is 28.8 Å². The van der Waals surface area contributed by atoms with Crippen LogP contribution in [0.2, 0.25) is 0 Å². The minimum absolute atomic E-state index is 0.0137. The van der Waals surface area contributed by atoms with Gasteiger partial charge in [-0.1, -0.05) is 18.2 Å². The summed E-state index contributed by atoms with van der Waals surface area (Å²) in [4.78, 5) is 27.6. The molecule has 2 heterocycles. The largest absolute Gasteiger partial charge is 0.495 e. The standard InChI is InChI=1S/C18H20N2O3S/c1-23-15-8-3-2-7-14(15)19-17(21)13-6-4-10-20(12-13)18(22)16-9-5-11-24-16/h2-3,5,7-9,11,13H,4,6,10,12H2,1H3,(H,19,21). The zero-order valence-electron chi connectivity index (χ0n) is 13.5. The van der Waals surface area contributed by atoms with Crippen LogP contribution in [0.3, 0.4) is 0 Å². The zero-order chi connectivity index (χ0) is 16.9. The van der Waals surface area contributed by atoms with Gasteiger partial charge in [0.1, 0.15) is 5.75 Å². The van der Waals surface area contributed by atoms with Crippen molar-refractivity contribution in [3.05, 3.63) is 46.7 Å². The van der Waals surface area contributed by atoms with Gasteiger partial charge in [0, 0.05) is 13.1 Å². The van der Waals surface area contributed by atoms with Gasteiger partial charge in [0.2, 0.25) is 5.91 Å². The Balaban J connectivity index is 1.66. The summed E-state index contributed by atoms with van der Waals surface area (Å²) in [6.45, 7) is 1.16. The number of nitrogens with zero attached hydrogens (tertiary/aromatic N) is 1. The number of likely N-dealkylation sites (tertiary alicyclic amines) is 1. The molecule has 0 aliphatic carbocycles. The molecule has 3 rings (SSSR count). The second-order valence-electron chi connectivity index (χ2n) is 5.76. The summed E-state index contributed by atoms with van der Waals surface area (Å²) in [5.74, 6) is 0.378. The van der Waals surface area contributed by atoms with E-state index in [1.165, 1.54) is 11.3 Å². The van der Waals surface area contributed by atoms with Crippen molar-refractivity contribution in [2.75, 3.05) is 25.5 Å². The fourth-order valence-electron chi connectivity index (χ4n) is 2.91. The number of rotatable bonds is 4. The monoisotopic (exact) mass is 344 g/mol. The van der Waals surface area contributed by atoms with Crippen LogP contribution in [-0.4, -0.2) is 36.9 Å². The molecule has 1 aliphatic heterocycles. The zero-order valence-corrected chi connectivity index (χ0v) is 14.3. The van der Waals surface area contributed by atoms with Crippen LogP contribution in [0.5, 0.6) is 5.75 Å². The normalized spacial score (nSPS) is 17.4. The lowest BCUT2D eigenvalue weighted by Crippen LogP contribution is -2.43. The number of hydrogen-bond acceptors (Lipinski definition) is 4. The second kappa shape index (κ2) is 7.49. The smallest absolute Gasteiger partial charge is 0.263 e. The molecule has 1 aromatic heterocycles. The van der Waals surface area contributed by atoms with Crippen molar-refractivity contribution in [1.82, 2.24) is 4.90 Å². The van der Waals surface area contributed by atoms with Gasteiger partial charge in [-0.2, -0.15) is 0 Å². The van der Waals surface area contributed by atoms with Crippen LogP contribution >= 0.6 is 11.3 Å². The molecule has 2 aromatic rings. The number of ether oxygens (including phenoxy) is 1. The number of para-hydroxylation sites is 2. The number of piperidine rings is 1. The van der Waals surface area contributed by atoms with Crippen molar-refractivity contribution in [3.8, 4) is 5.75 Å². The molecule has 1 atom stereocenters. The third-order valence-corrected chi connectivity index (χ3v) is 5.03. The summed E-state index contributed by atoms with van der Waals surface area (Å²) < 4.78 is 5.26. The Morgan fingerprint density at radius 1 is 1.25 bits per heavy atom. The molecule has 1 fully saturated rings. The second-order valence-corrected chi connectivity index (χ2v) is 6.70. The van der Waals surface area contributed by atoms with Gasteiger partial charge < -0.3 is 15.0 Å². The highest BCUT2D eigenvalue weighted by molar-refractivity contribution is 7.12. The van der Waals surface area contributed by atoms with E-state index in [1.807, 2.05) is 41.8 Å². The van der Waals surface area contributed by atoms with Crippen LogP contribution in [0.15, 0.2) is 41.8 Å². The van der Waals surface area contributed by atoms with E-state index in [-0.39, 0.29) is 17.7 Å². The summed E-state index contributed by atoms with van der Waals surface area (Å²) in [5.41, 5.74) is 0.659. The molecule has 126 valence electrons. The number of carbonyl (C=O) groups excluding carboxylic acids is 2. The average Bonchev–Trinajstić information content (AvgIpc) is 3.16. The predicted octanol–water partition coefficient (Wildman–Crippen LogP) is 3.25. The Bertz CT molecular complexity index is 715. The van der Waals surface area contributed by atoms with E-state index >= 15 is 0 Å². The van der Waals surface area contributed by atoms with Gasteiger partial charge >= 0.3 is 0 Å². The van der Waals surface area contributed by atoms with E-state index in [0.29, 0.717) is 24.5 Å². The summed E-state index contributed by atoms with van der Waals surface area (Å²) in [6, 6.07) is 11.0. The maximum Gasteiger partial charge on any atom is 0.263 e. The summed E-state index contributed by atoms with van der Waals surface area (Å²) in [6.07, 6.45) is 1.62. The third-order valence-electron chi connectivity index (χ3n) is 4.18. The first-order chi connectivity index (χ1) is 11.7. The summed E-state index contributed by atoms with van der Waals surface area (Å²) in [7, 11) is 1.58. The Hall–Kier alpha value is -2.34. The molecular formula is C18H20N2O3S. The first-order valence-corrected chi connectivity index (χ1v) is 8.83. The van der Waals surface area contributed by atoms with Gasteiger partial charge in [0.15, 0.2) is 0 Å². The topological polar surface area (TPSA) is 58.6 Å². The van der Waals surface area contributed by atoms with E-state index in [2.05, 4.69) is 5.32 Å². The minimum Gasteiger partial charge on any atom is -0.495 e. The third kappa shape index (κ3) is 3.59. The lowest BCUT2D eigenvalue weighted by atomic mass is 9.96. The number of thiophene rings is 1. The molecule has 1 N–H and O–H groups in total. The van der Waals surface area contributed by atoms with Crippen molar-refractivity contribution in [1.29, 1.82) is 0 Å². The summed E-state index contributed by atoms with van der Waals surface area (Å²) >= 11 is 1.43. The molecule has 5 nitrogen and oxygen atoms in total. The van der Waals surface area contributed by atoms with Gasteiger partial charge in [0.25, 0.3) is 5.91 Å². The SMILES string of the molecule is COc1ccccc1NC(=O)C1CCCN(C(=O)c2cccs2)C1. The number of anilines is 1. The first-order valence-electron chi connectivity index (χ1n) is 7.95. The fraction of sp³-hybridized carbons (Fsp3) is 0.333. The first kappa shape index (κ1) is 16.5. The van der Waals surface area contributed by atoms with Crippen molar-refractivity contribution in [2.45, 2.75) is 12.8 Å². The summed E-state index contributed by atoms with van der Waals surface area (Å²) in [5, 5.41) is 4.82. The maximum atomic E-state index is 12.6. The molecule has 2 amide bonds. The van der Waals surface area contributed by atoms with Gasteiger partial charge in [0.05, 0.1) is 23.6 Å². The van der Waals surface area contributed by atoms with E-state index in [0.717, 1.165) is 17.7 Å². The highest BCUT2D eigenvalue weighted by Gasteiger charge is 2.29. The Kier molecular flexibility index (Phi) is 5.15. The maximum absolute atomic E-state index is 12.6. The number of hydrogen-bond donors (Lipinski definition) is 1. The van der Waals surface area contributed by atoms with Crippen molar-refractivity contribution in [3.63, 3.8) is 0 Å². The quantitative estimate of drug-likeness (QED) is 0.926. The molecule has 1 aromatic carbocycles. The van der Waals surface area contributed by atoms with Crippen molar-refractivity contribution < 1.29 is 14.3 Å². The van der Waals surface area contributed by atoms with E-state index < -0.39 is 0 Å². The molecule has 1 unspecified atom stereocenters. The van der Waals surface area contributed by atoms with Gasteiger partial charge in [-0.15, -0.1) is 11.3 Å². The average molecular weight is 344 g/mol. The molecule has 1 aliphatic rings. The Morgan fingerprint density at radius 3 is 2.83 bits per heavy atom. The fourth-order valence-corrected chi connectivity index (χ4v) is 3.61. The number of nitrogens with one attached hydrogen (secondary N) is 1. The molecule has 0 radical (unpaired) electrons. The molecule has 0 bridgehead atoms. The lowest BCUT2D eigenvalue weighted by Gasteiger charge is -2.31. The number of amides is 2. The van der Waals surface area contributed by atoms with Crippen LogP contribution in [-0.2, 0) is 4.79 Å². The number of benzene rings is 1. The van der Waals surface area contributed by atoms with Crippen LogP contribution in [0.1, 0.15) is 22.5 Å². The Morgan fingerprint density at radius 2 is 2.08 bits per heavy atom. The number of carbonyl (C=O) groups is 2. The minimum atomic E-state index is -0.201. The van der Waals surface area contributed by atoms with E-state index in [9.17, 15) is 9.59 Å². The molecular weight excluding hydrogens is 324 g/mol. The lowest BCUT2D eigenvalue weighted by molar-refractivity contribution is -0.121. The van der Waals surface area contributed by atoms with Crippen LogP contribution < -0.4 is 10.1 Å². The molecule has 0 saturated carbocycles. The highest BCUT2D eigenvalue weighted by Crippen LogP contribution is 2.26. The van der Waals surface area contributed by atoms with Gasteiger partial charge in [-0.25, -0.2) is 0 Å². The van der Waals surface area contributed by atoms with Crippen molar-refractivity contribution in [2.24, 2.45) is 5.92 Å². The number of methoxy groups -OCH3 is 1. The molecule has 1 saturated heterocycles. The Labute approximate surface area is 145 Å². The van der Waals surface area contributed by atoms with Crippen LogP contribution in [0, 0.1) is 5.92 Å². The van der Waals surface area contributed by atoms with E-state index in [4.69, 9.17) is 4.74 Å².